The molecule has 1 aliphatic heterocycles. The van der Waals surface area contributed by atoms with Crippen LogP contribution in [0.3, 0.4) is 0 Å². The van der Waals surface area contributed by atoms with Crippen LogP contribution in [0.4, 0.5) is 0 Å². The molecule has 4 heteroatoms. The molecule has 0 amide bonds. The van der Waals surface area contributed by atoms with Gasteiger partial charge in [0.1, 0.15) is 0 Å². The SMILES string of the molecule is Cn1c(C2CCCNC2)c(Br)c2cc(Cl)ccc21. The molecule has 3 rings (SSSR count). The van der Waals surface area contributed by atoms with E-state index in [9.17, 15) is 0 Å². The average Bonchev–Trinajstić information content (AvgIpc) is 2.63. The highest BCUT2D eigenvalue weighted by Crippen LogP contribution is 2.38. The number of halogens is 2. The van der Waals surface area contributed by atoms with Crippen molar-refractivity contribution in [2.45, 2.75) is 18.8 Å². The van der Waals surface area contributed by atoms with Crippen molar-refractivity contribution in [3.8, 4) is 0 Å². The lowest BCUT2D eigenvalue weighted by Crippen LogP contribution is -2.29. The number of rotatable bonds is 1. The van der Waals surface area contributed by atoms with E-state index in [1.54, 1.807) is 0 Å². The molecule has 1 unspecified atom stereocenters. The van der Waals surface area contributed by atoms with E-state index < -0.39 is 0 Å². The zero-order chi connectivity index (χ0) is 12.7. The number of piperidine rings is 1. The van der Waals surface area contributed by atoms with Gasteiger partial charge in [0.15, 0.2) is 0 Å². The Balaban J connectivity index is 2.16. The maximum absolute atomic E-state index is 6.10. The summed E-state index contributed by atoms with van der Waals surface area (Å²) in [7, 11) is 2.14. The summed E-state index contributed by atoms with van der Waals surface area (Å²) in [6, 6.07) is 6.10. The molecule has 1 aromatic carbocycles. The first-order valence-corrected chi connectivity index (χ1v) is 7.49. The molecule has 1 fully saturated rings. The van der Waals surface area contributed by atoms with Crippen LogP contribution in [-0.4, -0.2) is 17.7 Å². The minimum atomic E-state index is 0.587. The molecule has 0 saturated carbocycles. The molecule has 1 aromatic heterocycles. The quantitative estimate of drug-likeness (QED) is 0.836. The van der Waals surface area contributed by atoms with Crippen LogP contribution in [0.1, 0.15) is 24.5 Å². The summed E-state index contributed by atoms with van der Waals surface area (Å²) in [5.41, 5.74) is 2.63. The topological polar surface area (TPSA) is 17.0 Å². The third kappa shape index (κ3) is 1.98. The zero-order valence-electron chi connectivity index (χ0n) is 10.3. The molecule has 0 radical (unpaired) electrons. The molecular weight excluding hydrogens is 312 g/mol. The van der Waals surface area contributed by atoms with Gasteiger partial charge >= 0.3 is 0 Å². The Bertz CT molecular complexity index is 585. The van der Waals surface area contributed by atoms with Crippen molar-refractivity contribution in [1.82, 2.24) is 9.88 Å². The van der Waals surface area contributed by atoms with Crippen molar-refractivity contribution >= 4 is 38.4 Å². The van der Waals surface area contributed by atoms with Gasteiger partial charge in [-0.25, -0.2) is 0 Å². The Morgan fingerprint density at radius 1 is 1.44 bits per heavy atom. The second-order valence-corrected chi connectivity index (χ2v) is 6.19. The predicted molar refractivity (Wildman–Crippen MR) is 80.5 cm³/mol. The highest BCUT2D eigenvalue weighted by Gasteiger charge is 2.23. The van der Waals surface area contributed by atoms with Crippen LogP contribution in [0, 0.1) is 0 Å². The van der Waals surface area contributed by atoms with Gasteiger partial charge in [-0.2, -0.15) is 0 Å². The van der Waals surface area contributed by atoms with E-state index in [1.807, 2.05) is 12.1 Å². The predicted octanol–water partition coefficient (Wildman–Crippen LogP) is 4.06. The van der Waals surface area contributed by atoms with E-state index in [-0.39, 0.29) is 0 Å². The molecule has 0 bridgehead atoms. The Labute approximate surface area is 120 Å². The first-order valence-electron chi connectivity index (χ1n) is 6.32. The zero-order valence-corrected chi connectivity index (χ0v) is 12.7. The highest BCUT2D eigenvalue weighted by molar-refractivity contribution is 9.10. The smallest absolute Gasteiger partial charge is 0.0492 e. The lowest BCUT2D eigenvalue weighted by Gasteiger charge is -2.24. The van der Waals surface area contributed by atoms with Gasteiger partial charge in [0.05, 0.1) is 0 Å². The molecule has 1 N–H and O–H groups in total. The summed E-state index contributed by atoms with van der Waals surface area (Å²) in [6.07, 6.45) is 2.50. The fraction of sp³-hybridized carbons (Fsp3) is 0.429. The van der Waals surface area contributed by atoms with Crippen molar-refractivity contribution in [3.63, 3.8) is 0 Å². The Morgan fingerprint density at radius 2 is 2.28 bits per heavy atom. The van der Waals surface area contributed by atoms with Gasteiger partial charge in [-0.15, -0.1) is 0 Å². The number of benzene rings is 1. The van der Waals surface area contributed by atoms with E-state index >= 15 is 0 Å². The molecule has 2 aromatic rings. The maximum Gasteiger partial charge on any atom is 0.0492 e. The van der Waals surface area contributed by atoms with Gasteiger partial charge in [0.25, 0.3) is 0 Å². The van der Waals surface area contributed by atoms with Crippen molar-refractivity contribution in [1.29, 1.82) is 0 Å². The summed E-state index contributed by atoms with van der Waals surface area (Å²) >= 11 is 9.86. The number of fused-ring (bicyclic) bond motifs is 1. The van der Waals surface area contributed by atoms with Crippen molar-refractivity contribution < 1.29 is 0 Å². The molecule has 18 heavy (non-hydrogen) atoms. The van der Waals surface area contributed by atoms with Crippen LogP contribution in [0.2, 0.25) is 5.02 Å². The molecular formula is C14H16BrClN2. The summed E-state index contributed by atoms with van der Waals surface area (Å²) in [4.78, 5) is 0. The van der Waals surface area contributed by atoms with Crippen LogP contribution in [-0.2, 0) is 7.05 Å². The van der Waals surface area contributed by atoms with E-state index in [0.717, 1.165) is 18.1 Å². The van der Waals surface area contributed by atoms with Crippen LogP contribution >= 0.6 is 27.5 Å². The van der Waals surface area contributed by atoms with E-state index in [1.165, 1.54) is 33.9 Å². The summed E-state index contributed by atoms with van der Waals surface area (Å²) < 4.78 is 3.50. The van der Waals surface area contributed by atoms with E-state index in [0.29, 0.717) is 5.92 Å². The van der Waals surface area contributed by atoms with Gasteiger partial charge in [0, 0.05) is 45.6 Å². The first-order chi connectivity index (χ1) is 8.68. The molecule has 1 aliphatic rings. The average molecular weight is 328 g/mol. The fourth-order valence-electron chi connectivity index (χ4n) is 2.93. The number of hydrogen-bond donors (Lipinski definition) is 1. The van der Waals surface area contributed by atoms with Gasteiger partial charge in [0.2, 0.25) is 0 Å². The van der Waals surface area contributed by atoms with Crippen LogP contribution in [0.25, 0.3) is 10.9 Å². The third-order valence-electron chi connectivity index (χ3n) is 3.83. The number of aromatic nitrogens is 1. The molecule has 0 aliphatic carbocycles. The number of nitrogens with zero attached hydrogens (tertiary/aromatic N) is 1. The van der Waals surface area contributed by atoms with Gasteiger partial charge in [-0.05, 0) is 53.5 Å². The van der Waals surface area contributed by atoms with Crippen LogP contribution in [0.15, 0.2) is 22.7 Å². The molecule has 1 saturated heterocycles. The molecule has 96 valence electrons. The van der Waals surface area contributed by atoms with Crippen molar-refractivity contribution in [2.75, 3.05) is 13.1 Å². The van der Waals surface area contributed by atoms with Gasteiger partial charge in [-0.3, -0.25) is 0 Å². The lowest BCUT2D eigenvalue weighted by atomic mass is 9.96. The summed E-state index contributed by atoms with van der Waals surface area (Å²) in [5.74, 6) is 0.587. The monoisotopic (exact) mass is 326 g/mol. The van der Waals surface area contributed by atoms with Crippen LogP contribution < -0.4 is 5.32 Å². The van der Waals surface area contributed by atoms with Gasteiger partial charge in [-0.1, -0.05) is 11.6 Å². The molecule has 2 nitrogen and oxygen atoms in total. The van der Waals surface area contributed by atoms with E-state index in [2.05, 4.69) is 38.9 Å². The van der Waals surface area contributed by atoms with Crippen molar-refractivity contribution in [3.05, 3.63) is 33.4 Å². The number of aryl methyl sites for hydroxylation is 1. The van der Waals surface area contributed by atoms with Gasteiger partial charge < -0.3 is 9.88 Å². The Hall–Kier alpha value is -0.510. The van der Waals surface area contributed by atoms with E-state index in [4.69, 9.17) is 11.6 Å². The molecule has 2 heterocycles. The van der Waals surface area contributed by atoms with Crippen molar-refractivity contribution in [2.24, 2.45) is 7.05 Å². The summed E-state index contributed by atoms with van der Waals surface area (Å²) in [5, 5.41) is 5.49. The normalized spacial score (nSPS) is 20.5. The summed E-state index contributed by atoms with van der Waals surface area (Å²) in [6.45, 7) is 2.21. The second-order valence-electron chi connectivity index (χ2n) is 4.96. The number of nitrogens with one attached hydrogen (secondary N) is 1. The minimum Gasteiger partial charge on any atom is -0.346 e. The fourth-order valence-corrected chi connectivity index (χ4v) is 4.01. The largest absolute Gasteiger partial charge is 0.346 e. The lowest BCUT2D eigenvalue weighted by molar-refractivity contribution is 0.447. The number of hydrogen-bond acceptors (Lipinski definition) is 1. The standard InChI is InChI=1S/C14H16BrClN2/c1-18-12-5-4-10(16)7-11(12)13(15)14(18)9-3-2-6-17-8-9/h4-5,7,9,17H,2-3,6,8H2,1H3. The Morgan fingerprint density at radius 3 is 3.00 bits per heavy atom. The molecule has 1 atom stereocenters. The van der Waals surface area contributed by atoms with Crippen LogP contribution in [0.5, 0.6) is 0 Å². The highest BCUT2D eigenvalue weighted by atomic mass is 79.9. The maximum atomic E-state index is 6.10. The minimum absolute atomic E-state index is 0.587. The third-order valence-corrected chi connectivity index (χ3v) is 4.89. The molecule has 0 spiro atoms. The Kier molecular flexibility index (Phi) is 3.39. The first kappa shape index (κ1) is 12.5. The second kappa shape index (κ2) is 4.87.